The van der Waals surface area contributed by atoms with Gasteiger partial charge >= 0.3 is 5.97 Å². The highest BCUT2D eigenvalue weighted by atomic mass is 32.1. The topological polar surface area (TPSA) is 68.3 Å². The summed E-state index contributed by atoms with van der Waals surface area (Å²) in [6.45, 7) is 1.81. The first-order chi connectivity index (χ1) is 9.15. The molecule has 1 aromatic heterocycles. The normalized spacial score (nSPS) is 12.1. The van der Waals surface area contributed by atoms with Gasteiger partial charge in [0.25, 0.3) is 5.91 Å². The lowest BCUT2D eigenvalue weighted by Gasteiger charge is -2.12. The van der Waals surface area contributed by atoms with Gasteiger partial charge in [0.05, 0.1) is 17.3 Å². The first-order valence-corrected chi connectivity index (χ1v) is 6.71. The third kappa shape index (κ3) is 2.90. The molecule has 0 spiro atoms. The SMILES string of the molecule is CCC(NC(=O)c1nc2ccccc2s1)C(=O)OC. The second kappa shape index (κ2) is 5.79. The van der Waals surface area contributed by atoms with Gasteiger partial charge < -0.3 is 10.1 Å². The standard InChI is InChI=1S/C13H14N2O3S/c1-3-8(13(17)18-2)14-11(16)12-15-9-6-4-5-7-10(9)19-12/h4-8H,3H2,1-2H3,(H,14,16). The molecule has 0 saturated carbocycles. The van der Waals surface area contributed by atoms with Crippen LogP contribution in [0.25, 0.3) is 10.2 Å². The van der Waals surface area contributed by atoms with E-state index >= 15 is 0 Å². The monoisotopic (exact) mass is 278 g/mol. The average molecular weight is 278 g/mol. The number of fused-ring (bicyclic) bond motifs is 1. The molecule has 0 aliphatic carbocycles. The molecular formula is C13H14N2O3S. The highest BCUT2D eigenvalue weighted by Crippen LogP contribution is 2.21. The van der Waals surface area contributed by atoms with Gasteiger partial charge in [0.2, 0.25) is 0 Å². The van der Waals surface area contributed by atoms with Crippen molar-refractivity contribution in [2.24, 2.45) is 0 Å². The van der Waals surface area contributed by atoms with E-state index in [1.54, 1.807) is 6.92 Å². The number of methoxy groups -OCH3 is 1. The zero-order chi connectivity index (χ0) is 13.8. The molecule has 1 unspecified atom stereocenters. The van der Waals surface area contributed by atoms with Gasteiger partial charge in [-0.25, -0.2) is 9.78 Å². The second-order valence-electron chi connectivity index (χ2n) is 3.94. The summed E-state index contributed by atoms with van der Waals surface area (Å²) in [5.74, 6) is -0.796. The Bertz CT molecular complexity index is 576. The van der Waals surface area contributed by atoms with Crippen molar-refractivity contribution in [1.82, 2.24) is 10.3 Å². The van der Waals surface area contributed by atoms with Crippen LogP contribution in [-0.2, 0) is 9.53 Å². The van der Waals surface area contributed by atoms with E-state index in [0.29, 0.717) is 11.4 Å². The zero-order valence-electron chi connectivity index (χ0n) is 10.7. The average Bonchev–Trinajstić information content (AvgIpc) is 2.87. The second-order valence-corrected chi connectivity index (χ2v) is 4.97. The number of benzene rings is 1. The highest BCUT2D eigenvalue weighted by Gasteiger charge is 2.21. The number of nitrogens with zero attached hydrogens (tertiary/aromatic N) is 1. The molecule has 1 N–H and O–H groups in total. The number of ether oxygens (including phenoxy) is 1. The van der Waals surface area contributed by atoms with E-state index in [0.717, 1.165) is 10.2 Å². The van der Waals surface area contributed by atoms with Crippen molar-refractivity contribution in [3.05, 3.63) is 29.3 Å². The summed E-state index contributed by atoms with van der Waals surface area (Å²) in [5, 5.41) is 2.98. The minimum atomic E-state index is -0.635. The van der Waals surface area contributed by atoms with Crippen LogP contribution in [0.5, 0.6) is 0 Å². The quantitative estimate of drug-likeness (QED) is 0.868. The summed E-state index contributed by atoms with van der Waals surface area (Å²) in [6.07, 6.45) is 0.476. The Balaban J connectivity index is 2.17. The number of esters is 1. The number of rotatable bonds is 4. The van der Waals surface area contributed by atoms with Gasteiger partial charge in [-0.1, -0.05) is 19.1 Å². The molecule has 2 aromatic rings. The van der Waals surface area contributed by atoms with Crippen LogP contribution in [0, 0.1) is 0 Å². The van der Waals surface area contributed by atoms with Crippen molar-refractivity contribution < 1.29 is 14.3 Å². The molecule has 5 nitrogen and oxygen atoms in total. The van der Waals surface area contributed by atoms with Crippen molar-refractivity contribution >= 4 is 33.4 Å². The summed E-state index contributed by atoms with van der Waals surface area (Å²) in [5.41, 5.74) is 0.781. The van der Waals surface area contributed by atoms with Crippen molar-refractivity contribution in [3.63, 3.8) is 0 Å². The van der Waals surface area contributed by atoms with Crippen molar-refractivity contribution in [1.29, 1.82) is 0 Å². The summed E-state index contributed by atoms with van der Waals surface area (Å²) < 4.78 is 5.57. The van der Waals surface area contributed by atoms with Crippen molar-refractivity contribution in [3.8, 4) is 0 Å². The molecule has 100 valence electrons. The number of hydrogen-bond donors (Lipinski definition) is 1. The third-order valence-corrected chi connectivity index (χ3v) is 3.72. The van der Waals surface area contributed by atoms with Crippen LogP contribution in [0.1, 0.15) is 23.1 Å². The number of aromatic nitrogens is 1. The number of amides is 1. The van der Waals surface area contributed by atoms with Crippen LogP contribution in [0.4, 0.5) is 0 Å². The largest absolute Gasteiger partial charge is 0.467 e. The maximum absolute atomic E-state index is 12.0. The lowest BCUT2D eigenvalue weighted by molar-refractivity contribution is -0.142. The Morgan fingerprint density at radius 1 is 1.42 bits per heavy atom. The maximum Gasteiger partial charge on any atom is 0.328 e. The van der Waals surface area contributed by atoms with Crippen LogP contribution >= 0.6 is 11.3 Å². The van der Waals surface area contributed by atoms with Gasteiger partial charge in [0.1, 0.15) is 6.04 Å². The number of nitrogens with one attached hydrogen (secondary N) is 1. The molecule has 19 heavy (non-hydrogen) atoms. The predicted molar refractivity (Wildman–Crippen MR) is 73.2 cm³/mol. The van der Waals surface area contributed by atoms with Gasteiger partial charge in [-0.3, -0.25) is 4.79 Å². The van der Waals surface area contributed by atoms with Gasteiger partial charge in [-0.05, 0) is 18.6 Å². The van der Waals surface area contributed by atoms with Crippen LogP contribution in [0.3, 0.4) is 0 Å². The minimum Gasteiger partial charge on any atom is -0.467 e. The summed E-state index contributed by atoms with van der Waals surface area (Å²) in [7, 11) is 1.30. The first-order valence-electron chi connectivity index (χ1n) is 5.90. The van der Waals surface area contributed by atoms with Crippen molar-refractivity contribution in [2.45, 2.75) is 19.4 Å². The fraction of sp³-hybridized carbons (Fsp3) is 0.308. The first kappa shape index (κ1) is 13.5. The molecular weight excluding hydrogens is 264 g/mol. The van der Waals surface area contributed by atoms with E-state index in [1.165, 1.54) is 18.4 Å². The van der Waals surface area contributed by atoms with E-state index in [9.17, 15) is 9.59 Å². The van der Waals surface area contributed by atoms with Gasteiger partial charge in [0, 0.05) is 0 Å². The molecule has 1 atom stereocenters. The van der Waals surface area contributed by atoms with Crippen LogP contribution < -0.4 is 5.32 Å². The number of carbonyl (C=O) groups is 2. The molecule has 2 rings (SSSR count). The van der Waals surface area contributed by atoms with E-state index in [-0.39, 0.29) is 5.91 Å². The molecule has 1 aromatic carbocycles. The lowest BCUT2D eigenvalue weighted by Crippen LogP contribution is -2.40. The van der Waals surface area contributed by atoms with Crippen LogP contribution in [0.15, 0.2) is 24.3 Å². The predicted octanol–water partition coefficient (Wildman–Crippen LogP) is 1.98. The number of carbonyl (C=O) groups excluding carboxylic acids is 2. The van der Waals surface area contributed by atoms with E-state index in [1.807, 2.05) is 24.3 Å². The number of thiazole rings is 1. The Morgan fingerprint density at radius 3 is 2.79 bits per heavy atom. The Hall–Kier alpha value is -1.95. The summed E-state index contributed by atoms with van der Waals surface area (Å²) in [6, 6.07) is 6.88. The van der Waals surface area contributed by atoms with E-state index < -0.39 is 12.0 Å². The molecule has 0 fully saturated rings. The fourth-order valence-electron chi connectivity index (χ4n) is 1.66. The van der Waals surface area contributed by atoms with Gasteiger partial charge in [0.15, 0.2) is 5.01 Å². The highest BCUT2D eigenvalue weighted by molar-refractivity contribution is 7.20. The molecule has 1 amide bonds. The summed E-state index contributed by atoms with van der Waals surface area (Å²) >= 11 is 1.30. The molecule has 0 bridgehead atoms. The molecule has 0 saturated heterocycles. The minimum absolute atomic E-state index is 0.349. The molecule has 0 aliphatic heterocycles. The lowest BCUT2D eigenvalue weighted by atomic mass is 10.2. The smallest absolute Gasteiger partial charge is 0.328 e. The Morgan fingerprint density at radius 2 is 2.16 bits per heavy atom. The summed E-state index contributed by atoms with van der Waals surface area (Å²) in [4.78, 5) is 27.7. The Labute approximate surface area is 114 Å². The van der Waals surface area contributed by atoms with Crippen LogP contribution in [0.2, 0.25) is 0 Å². The van der Waals surface area contributed by atoms with E-state index in [4.69, 9.17) is 0 Å². The van der Waals surface area contributed by atoms with Crippen molar-refractivity contribution in [2.75, 3.05) is 7.11 Å². The molecule has 0 radical (unpaired) electrons. The third-order valence-electron chi connectivity index (χ3n) is 2.69. The Kier molecular flexibility index (Phi) is 4.11. The number of para-hydroxylation sites is 1. The van der Waals surface area contributed by atoms with Gasteiger partial charge in [-0.15, -0.1) is 11.3 Å². The maximum atomic E-state index is 12.0. The fourth-order valence-corrected chi connectivity index (χ4v) is 2.53. The number of hydrogen-bond acceptors (Lipinski definition) is 5. The van der Waals surface area contributed by atoms with Gasteiger partial charge in [-0.2, -0.15) is 0 Å². The van der Waals surface area contributed by atoms with Crippen LogP contribution in [-0.4, -0.2) is 30.0 Å². The molecule has 0 aliphatic rings. The zero-order valence-corrected chi connectivity index (χ0v) is 11.5. The molecule has 1 heterocycles. The molecule has 6 heteroatoms. The van der Waals surface area contributed by atoms with E-state index in [2.05, 4.69) is 15.0 Å².